The van der Waals surface area contributed by atoms with E-state index in [-0.39, 0.29) is 6.04 Å². The van der Waals surface area contributed by atoms with Gasteiger partial charge in [0, 0.05) is 6.61 Å². The third-order valence-corrected chi connectivity index (χ3v) is 3.27. The van der Waals surface area contributed by atoms with Crippen molar-refractivity contribution < 1.29 is 14.2 Å². The Hall–Kier alpha value is -1.26. The maximum absolute atomic E-state index is 5.74. The summed E-state index contributed by atoms with van der Waals surface area (Å²) in [6, 6.07) is 6.22. The predicted molar refractivity (Wildman–Crippen MR) is 74.6 cm³/mol. The van der Waals surface area contributed by atoms with Gasteiger partial charge in [0.2, 0.25) is 6.79 Å². The van der Waals surface area contributed by atoms with Crippen LogP contribution in [0.1, 0.15) is 31.9 Å². The summed E-state index contributed by atoms with van der Waals surface area (Å²) in [7, 11) is 1.95. The van der Waals surface area contributed by atoms with Crippen LogP contribution in [0.4, 0.5) is 0 Å². The van der Waals surface area contributed by atoms with Gasteiger partial charge in [0.25, 0.3) is 0 Å². The van der Waals surface area contributed by atoms with Crippen molar-refractivity contribution >= 4 is 0 Å². The van der Waals surface area contributed by atoms with Crippen molar-refractivity contribution in [1.29, 1.82) is 0 Å². The zero-order valence-corrected chi connectivity index (χ0v) is 11.9. The van der Waals surface area contributed by atoms with Gasteiger partial charge in [-0.05, 0) is 37.1 Å². The van der Waals surface area contributed by atoms with Gasteiger partial charge < -0.3 is 19.5 Å². The highest BCUT2D eigenvalue weighted by Gasteiger charge is 2.17. The zero-order valence-electron chi connectivity index (χ0n) is 11.9. The Labute approximate surface area is 115 Å². The van der Waals surface area contributed by atoms with Crippen LogP contribution in [0.2, 0.25) is 0 Å². The monoisotopic (exact) mass is 265 g/mol. The zero-order chi connectivity index (χ0) is 13.7. The highest BCUT2D eigenvalue weighted by Crippen LogP contribution is 2.34. The Morgan fingerprint density at radius 2 is 2.05 bits per heavy atom. The lowest BCUT2D eigenvalue weighted by Gasteiger charge is -2.17. The molecule has 1 aliphatic heterocycles. The predicted octanol–water partition coefficient (Wildman–Crippen LogP) is 2.74. The average Bonchev–Trinajstić information content (AvgIpc) is 2.85. The van der Waals surface area contributed by atoms with Crippen LogP contribution in [-0.2, 0) is 4.74 Å². The van der Waals surface area contributed by atoms with Crippen molar-refractivity contribution in [3.05, 3.63) is 23.8 Å². The molecule has 1 aliphatic rings. The van der Waals surface area contributed by atoms with Crippen molar-refractivity contribution in [2.24, 2.45) is 5.92 Å². The SMILES string of the molecule is CNC(COCCC(C)C)c1ccc2c(c1)OCO2. The van der Waals surface area contributed by atoms with Gasteiger partial charge in [0.1, 0.15) is 0 Å². The maximum atomic E-state index is 5.74. The first-order valence-corrected chi connectivity index (χ1v) is 6.85. The Kier molecular flexibility index (Phi) is 5.05. The largest absolute Gasteiger partial charge is 0.454 e. The lowest BCUT2D eigenvalue weighted by Crippen LogP contribution is -2.22. The van der Waals surface area contributed by atoms with Gasteiger partial charge in [-0.3, -0.25) is 0 Å². The highest BCUT2D eigenvalue weighted by molar-refractivity contribution is 5.45. The normalized spacial score (nSPS) is 14.9. The molecule has 4 heteroatoms. The lowest BCUT2D eigenvalue weighted by atomic mass is 10.1. The number of likely N-dealkylation sites (N-methyl/N-ethyl adjacent to an activating group) is 1. The first-order valence-electron chi connectivity index (χ1n) is 6.85. The number of fused-ring (bicyclic) bond motifs is 1. The van der Waals surface area contributed by atoms with Gasteiger partial charge in [-0.15, -0.1) is 0 Å². The number of nitrogens with one attached hydrogen (secondary N) is 1. The van der Waals surface area contributed by atoms with Crippen molar-refractivity contribution in [3.8, 4) is 11.5 Å². The van der Waals surface area contributed by atoms with Crippen LogP contribution in [0, 0.1) is 5.92 Å². The summed E-state index contributed by atoms with van der Waals surface area (Å²) in [5, 5.41) is 3.28. The third-order valence-electron chi connectivity index (χ3n) is 3.27. The van der Waals surface area contributed by atoms with E-state index in [1.165, 1.54) is 0 Å². The molecule has 0 saturated heterocycles. The average molecular weight is 265 g/mol. The number of hydrogen-bond acceptors (Lipinski definition) is 4. The molecule has 0 fully saturated rings. The van der Waals surface area contributed by atoms with E-state index in [0.717, 1.165) is 30.1 Å². The molecular formula is C15H23NO3. The van der Waals surface area contributed by atoms with Crippen molar-refractivity contribution in [2.45, 2.75) is 26.3 Å². The summed E-state index contributed by atoms with van der Waals surface area (Å²) in [6.45, 7) is 6.20. The molecule has 1 aromatic carbocycles. The molecule has 0 aliphatic carbocycles. The number of benzene rings is 1. The van der Waals surface area contributed by atoms with E-state index in [4.69, 9.17) is 14.2 Å². The fraction of sp³-hybridized carbons (Fsp3) is 0.600. The molecule has 1 atom stereocenters. The molecule has 0 saturated carbocycles. The van der Waals surface area contributed by atoms with Crippen molar-refractivity contribution in [2.75, 3.05) is 27.1 Å². The third kappa shape index (κ3) is 3.85. The highest BCUT2D eigenvalue weighted by atomic mass is 16.7. The quantitative estimate of drug-likeness (QED) is 0.770. The smallest absolute Gasteiger partial charge is 0.231 e. The van der Waals surface area contributed by atoms with Gasteiger partial charge in [0.05, 0.1) is 12.6 Å². The van der Waals surface area contributed by atoms with Crippen LogP contribution in [0.15, 0.2) is 18.2 Å². The van der Waals surface area contributed by atoms with Gasteiger partial charge in [0.15, 0.2) is 11.5 Å². The van der Waals surface area contributed by atoms with E-state index >= 15 is 0 Å². The summed E-state index contributed by atoms with van der Waals surface area (Å²) in [4.78, 5) is 0. The summed E-state index contributed by atoms with van der Waals surface area (Å²) in [5.41, 5.74) is 1.16. The maximum Gasteiger partial charge on any atom is 0.231 e. The van der Waals surface area contributed by atoms with Crippen LogP contribution in [0.5, 0.6) is 11.5 Å². The van der Waals surface area contributed by atoms with E-state index in [0.29, 0.717) is 19.3 Å². The van der Waals surface area contributed by atoms with Crippen LogP contribution in [0.3, 0.4) is 0 Å². The molecule has 1 aromatic rings. The fourth-order valence-corrected chi connectivity index (χ4v) is 2.00. The Balaban J connectivity index is 1.90. The fourth-order valence-electron chi connectivity index (χ4n) is 2.00. The minimum atomic E-state index is 0.182. The second-order valence-electron chi connectivity index (χ2n) is 5.21. The van der Waals surface area contributed by atoms with Gasteiger partial charge >= 0.3 is 0 Å². The minimum absolute atomic E-state index is 0.182. The molecule has 1 unspecified atom stereocenters. The lowest BCUT2D eigenvalue weighted by molar-refractivity contribution is 0.104. The van der Waals surface area contributed by atoms with Crippen molar-refractivity contribution in [1.82, 2.24) is 5.32 Å². The molecular weight excluding hydrogens is 242 g/mol. The molecule has 4 nitrogen and oxygen atoms in total. The summed E-state index contributed by atoms with van der Waals surface area (Å²) in [5.74, 6) is 2.32. The molecule has 0 bridgehead atoms. The van der Waals surface area contributed by atoms with E-state index in [9.17, 15) is 0 Å². The summed E-state index contributed by atoms with van der Waals surface area (Å²) < 4.78 is 16.5. The molecule has 0 aromatic heterocycles. The van der Waals surface area contributed by atoms with Crippen LogP contribution in [-0.4, -0.2) is 27.1 Å². The standard InChI is InChI=1S/C15H23NO3/c1-11(2)6-7-17-9-13(16-3)12-4-5-14-15(8-12)19-10-18-14/h4-5,8,11,13,16H,6-7,9-10H2,1-3H3. The Morgan fingerprint density at radius 1 is 1.26 bits per heavy atom. The van der Waals surface area contributed by atoms with Crippen LogP contribution >= 0.6 is 0 Å². The first kappa shape index (κ1) is 14.2. The van der Waals surface area contributed by atoms with Crippen molar-refractivity contribution in [3.63, 3.8) is 0 Å². The van der Waals surface area contributed by atoms with E-state index < -0.39 is 0 Å². The number of hydrogen-bond donors (Lipinski definition) is 1. The first-order chi connectivity index (χ1) is 9.20. The Bertz CT molecular complexity index is 406. The van der Waals surface area contributed by atoms with Gasteiger partial charge in [-0.2, -0.15) is 0 Å². The molecule has 2 rings (SSSR count). The van der Waals surface area contributed by atoms with Crippen LogP contribution in [0.25, 0.3) is 0 Å². The molecule has 0 amide bonds. The van der Waals surface area contributed by atoms with E-state index in [1.807, 2.05) is 19.2 Å². The van der Waals surface area contributed by atoms with E-state index in [2.05, 4.69) is 25.2 Å². The molecule has 0 spiro atoms. The molecule has 0 radical (unpaired) electrons. The number of ether oxygens (including phenoxy) is 3. The molecule has 1 N–H and O–H groups in total. The topological polar surface area (TPSA) is 39.7 Å². The summed E-state index contributed by atoms with van der Waals surface area (Å²) in [6.07, 6.45) is 1.09. The molecule has 19 heavy (non-hydrogen) atoms. The van der Waals surface area contributed by atoms with Gasteiger partial charge in [-0.1, -0.05) is 19.9 Å². The number of rotatable bonds is 7. The second-order valence-corrected chi connectivity index (χ2v) is 5.21. The summed E-state index contributed by atoms with van der Waals surface area (Å²) >= 11 is 0. The Morgan fingerprint density at radius 3 is 2.79 bits per heavy atom. The van der Waals surface area contributed by atoms with Gasteiger partial charge in [-0.25, -0.2) is 0 Å². The van der Waals surface area contributed by atoms with Crippen LogP contribution < -0.4 is 14.8 Å². The minimum Gasteiger partial charge on any atom is -0.454 e. The molecule has 106 valence electrons. The molecule has 1 heterocycles. The second kappa shape index (κ2) is 6.78. The van der Waals surface area contributed by atoms with E-state index in [1.54, 1.807) is 0 Å².